The summed E-state index contributed by atoms with van der Waals surface area (Å²) in [7, 11) is 0. The van der Waals surface area contributed by atoms with Crippen LogP contribution in [0.4, 0.5) is 0 Å². The van der Waals surface area contributed by atoms with E-state index in [0.29, 0.717) is 0 Å². The molecule has 14 heavy (non-hydrogen) atoms. The fraction of sp³-hybridized carbons (Fsp3) is 0.400. The second-order valence-electron chi connectivity index (χ2n) is 3.45. The number of rotatable bonds is 1. The normalized spacial score (nSPS) is 19.9. The Balaban J connectivity index is 2.49. The van der Waals surface area contributed by atoms with Crippen LogP contribution in [0.15, 0.2) is 18.2 Å². The van der Waals surface area contributed by atoms with Crippen molar-refractivity contribution >= 4 is 44.3 Å². The summed E-state index contributed by atoms with van der Waals surface area (Å²) in [5.41, 5.74) is 2.71. The van der Waals surface area contributed by atoms with Crippen LogP contribution >= 0.6 is 27.2 Å². The minimum atomic E-state index is -1.32. The molecule has 0 N–H and O–H groups in total. The summed E-state index contributed by atoms with van der Waals surface area (Å²) in [6, 6.07) is 6.67. The first-order valence-corrected chi connectivity index (χ1v) is 10.6. The molecule has 1 aliphatic rings. The summed E-state index contributed by atoms with van der Waals surface area (Å²) in [6.07, 6.45) is 0. The lowest BCUT2D eigenvalue weighted by Crippen LogP contribution is -2.04. The molecule has 1 heterocycles. The summed E-state index contributed by atoms with van der Waals surface area (Å²) in [4.78, 5) is 0. The fourth-order valence-electron chi connectivity index (χ4n) is 1.51. The standard InChI is InChI=1S/C10H13PS3/c1-8-3-4-9(2)10(7-8)11(12)13-5-6-14-11/h3-4,7H,5-6H2,1-2H3. The van der Waals surface area contributed by atoms with E-state index in [4.69, 9.17) is 11.8 Å². The van der Waals surface area contributed by atoms with Crippen LogP contribution in [0.3, 0.4) is 0 Å². The van der Waals surface area contributed by atoms with Gasteiger partial charge in [-0.2, -0.15) is 0 Å². The van der Waals surface area contributed by atoms with Crippen molar-refractivity contribution in [1.82, 2.24) is 0 Å². The molecule has 0 unspecified atom stereocenters. The van der Waals surface area contributed by atoms with Crippen molar-refractivity contribution in [2.45, 2.75) is 13.8 Å². The van der Waals surface area contributed by atoms with E-state index in [2.05, 4.69) is 32.0 Å². The van der Waals surface area contributed by atoms with Crippen LogP contribution in [0.1, 0.15) is 11.1 Å². The molecule has 1 aromatic rings. The van der Waals surface area contributed by atoms with Crippen LogP contribution in [0.25, 0.3) is 0 Å². The van der Waals surface area contributed by atoms with Crippen LogP contribution in [0, 0.1) is 13.8 Å². The van der Waals surface area contributed by atoms with E-state index in [1.807, 2.05) is 22.8 Å². The molecule has 1 fully saturated rings. The number of aryl methyl sites for hydroxylation is 2. The minimum Gasteiger partial charge on any atom is -0.109 e. The van der Waals surface area contributed by atoms with Gasteiger partial charge < -0.3 is 0 Å². The van der Waals surface area contributed by atoms with Crippen molar-refractivity contribution in [3.8, 4) is 0 Å². The zero-order valence-electron chi connectivity index (χ0n) is 8.32. The molecule has 0 radical (unpaired) electrons. The fourth-order valence-corrected chi connectivity index (χ4v) is 12.8. The van der Waals surface area contributed by atoms with E-state index in [-0.39, 0.29) is 0 Å². The van der Waals surface area contributed by atoms with Crippen molar-refractivity contribution in [1.29, 1.82) is 0 Å². The number of hydrogen-bond donors (Lipinski definition) is 0. The van der Waals surface area contributed by atoms with Gasteiger partial charge >= 0.3 is 0 Å². The summed E-state index contributed by atoms with van der Waals surface area (Å²) < 4.78 is -1.32. The average molecular weight is 260 g/mol. The van der Waals surface area contributed by atoms with Crippen LogP contribution in [0.2, 0.25) is 0 Å². The van der Waals surface area contributed by atoms with Crippen molar-refractivity contribution < 1.29 is 0 Å². The van der Waals surface area contributed by atoms with Crippen molar-refractivity contribution in [3.63, 3.8) is 0 Å². The summed E-state index contributed by atoms with van der Waals surface area (Å²) in [6.45, 7) is 4.33. The number of hydrogen-bond acceptors (Lipinski definition) is 3. The Kier molecular flexibility index (Phi) is 3.33. The van der Waals surface area contributed by atoms with Gasteiger partial charge in [0.2, 0.25) is 0 Å². The molecular weight excluding hydrogens is 247 g/mol. The Morgan fingerprint density at radius 2 is 1.86 bits per heavy atom. The zero-order chi connectivity index (χ0) is 10.2. The topological polar surface area (TPSA) is 0 Å². The molecule has 76 valence electrons. The highest BCUT2D eigenvalue weighted by Gasteiger charge is 2.27. The molecule has 4 heteroatoms. The van der Waals surface area contributed by atoms with E-state index >= 15 is 0 Å². The smallest absolute Gasteiger partial charge is 0.0853 e. The lowest BCUT2D eigenvalue weighted by molar-refractivity contribution is 1.43. The highest BCUT2D eigenvalue weighted by atomic mass is 33.2. The van der Waals surface area contributed by atoms with Crippen LogP contribution in [-0.4, -0.2) is 11.5 Å². The Morgan fingerprint density at radius 1 is 1.21 bits per heavy atom. The van der Waals surface area contributed by atoms with E-state index in [0.717, 1.165) is 0 Å². The van der Waals surface area contributed by atoms with Gasteiger partial charge in [-0.05, 0) is 25.5 Å². The van der Waals surface area contributed by atoms with Gasteiger partial charge in [0.05, 0.1) is 4.44 Å². The van der Waals surface area contributed by atoms with Gasteiger partial charge in [0, 0.05) is 16.8 Å². The first kappa shape index (κ1) is 11.1. The lowest BCUT2D eigenvalue weighted by Gasteiger charge is -2.16. The predicted octanol–water partition coefficient (Wildman–Crippen LogP) is 3.72. The Bertz CT molecular complexity index is 390. The molecule has 1 saturated heterocycles. The van der Waals surface area contributed by atoms with Gasteiger partial charge in [0.15, 0.2) is 0 Å². The van der Waals surface area contributed by atoms with Crippen LogP contribution < -0.4 is 5.30 Å². The zero-order valence-corrected chi connectivity index (χ0v) is 11.7. The Hall–Kier alpha value is 0.570. The molecule has 1 aliphatic heterocycles. The maximum atomic E-state index is 5.82. The molecule has 1 aromatic carbocycles. The second-order valence-corrected chi connectivity index (χ2v) is 14.8. The van der Waals surface area contributed by atoms with Gasteiger partial charge in [0.1, 0.15) is 0 Å². The maximum absolute atomic E-state index is 5.82. The third-order valence-electron chi connectivity index (χ3n) is 2.27. The molecule has 0 aliphatic carbocycles. The first-order chi connectivity index (χ1) is 6.62. The van der Waals surface area contributed by atoms with Gasteiger partial charge in [-0.15, -0.1) is 22.8 Å². The van der Waals surface area contributed by atoms with Gasteiger partial charge in [-0.1, -0.05) is 29.5 Å². The summed E-state index contributed by atoms with van der Waals surface area (Å²) in [5, 5.41) is 1.44. The quantitative estimate of drug-likeness (QED) is 0.706. The molecule has 0 spiro atoms. The highest BCUT2D eigenvalue weighted by Crippen LogP contribution is 2.72. The van der Waals surface area contributed by atoms with E-state index in [1.54, 1.807) is 0 Å². The Morgan fingerprint density at radius 3 is 2.50 bits per heavy atom. The summed E-state index contributed by atoms with van der Waals surface area (Å²) >= 11 is 9.84. The highest BCUT2D eigenvalue weighted by molar-refractivity contribution is 9.03. The van der Waals surface area contributed by atoms with Gasteiger partial charge in [-0.25, -0.2) is 0 Å². The van der Waals surface area contributed by atoms with Crippen molar-refractivity contribution in [2.75, 3.05) is 11.5 Å². The van der Waals surface area contributed by atoms with Gasteiger partial charge in [0.25, 0.3) is 0 Å². The molecule has 0 atom stereocenters. The maximum Gasteiger partial charge on any atom is 0.0853 e. The first-order valence-electron chi connectivity index (χ1n) is 4.59. The third-order valence-corrected chi connectivity index (χ3v) is 13.7. The predicted molar refractivity (Wildman–Crippen MR) is 74.8 cm³/mol. The molecule has 0 amide bonds. The SMILES string of the molecule is Cc1ccc(C)c(P2(=S)SCCS2)c1. The van der Waals surface area contributed by atoms with Crippen LogP contribution in [0.5, 0.6) is 0 Å². The van der Waals surface area contributed by atoms with Crippen molar-refractivity contribution in [3.05, 3.63) is 29.3 Å². The molecular formula is C10H13PS3. The lowest BCUT2D eigenvalue weighted by atomic mass is 10.2. The van der Waals surface area contributed by atoms with E-state index in [9.17, 15) is 0 Å². The monoisotopic (exact) mass is 260 g/mol. The van der Waals surface area contributed by atoms with Gasteiger partial charge in [-0.3, -0.25) is 0 Å². The average Bonchev–Trinajstić information content (AvgIpc) is 2.58. The number of benzene rings is 1. The molecule has 0 nitrogen and oxygen atoms in total. The third kappa shape index (κ3) is 2.06. The largest absolute Gasteiger partial charge is 0.109 e. The minimum absolute atomic E-state index is 1.23. The Labute approximate surface area is 98.7 Å². The van der Waals surface area contributed by atoms with Crippen LogP contribution in [-0.2, 0) is 11.8 Å². The second kappa shape index (κ2) is 4.21. The molecule has 0 bridgehead atoms. The molecule has 0 saturated carbocycles. The molecule has 0 aromatic heterocycles. The summed E-state index contributed by atoms with van der Waals surface area (Å²) in [5.74, 6) is 2.46. The molecule has 2 rings (SSSR count). The van der Waals surface area contributed by atoms with E-state index < -0.39 is 4.44 Å². The van der Waals surface area contributed by atoms with E-state index in [1.165, 1.54) is 27.9 Å². The van der Waals surface area contributed by atoms with Crippen molar-refractivity contribution in [2.24, 2.45) is 0 Å².